The van der Waals surface area contributed by atoms with Crippen LogP contribution in [0.5, 0.6) is 0 Å². The number of hydrogen-bond acceptors (Lipinski definition) is 6. The van der Waals surface area contributed by atoms with E-state index in [9.17, 15) is 9.59 Å². The second-order valence-corrected chi connectivity index (χ2v) is 12.1. The monoisotopic (exact) mass is 616 g/mol. The SMILES string of the molecule is [B]/C=C(\[B])C(=O)N1C[C@H](C)N(c2nc(=O)n(-c3c(CC)ccnc3C(C)C)c3nc(-c4ccccc4C=C)c(Cl)cc23)[C@@H](C)C1. The molecule has 0 spiro atoms. The summed E-state index contributed by atoms with van der Waals surface area (Å²) in [5.74, 6) is 1.26. The maximum Gasteiger partial charge on any atom is 0.355 e. The summed E-state index contributed by atoms with van der Waals surface area (Å²) in [4.78, 5) is 45.5. The molecule has 0 saturated carbocycles. The molecule has 11 heteroatoms. The van der Waals surface area contributed by atoms with Crippen LogP contribution in [0.2, 0.25) is 5.02 Å². The molecule has 4 heterocycles. The van der Waals surface area contributed by atoms with E-state index in [-0.39, 0.29) is 29.4 Å². The highest BCUT2D eigenvalue weighted by Crippen LogP contribution is 2.37. The Morgan fingerprint density at radius 2 is 1.84 bits per heavy atom. The zero-order chi connectivity index (χ0) is 32.6. The molecule has 0 unspecified atom stereocenters. The normalized spacial score (nSPS) is 17.3. The van der Waals surface area contributed by atoms with Crippen molar-refractivity contribution in [2.45, 2.75) is 59.0 Å². The fourth-order valence-electron chi connectivity index (χ4n) is 6.22. The highest BCUT2D eigenvalue weighted by molar-refractivity contribution is 6.40. The molecule has 8 nitrogen and oxygen atoms in total. The predicted octanol–water partition coefficient (Wildman–Crippen LogP) is 5.43. The van der Waals surface area contributed by atoms with Crippen LogP contribution in [0.3, 0.4) is 0 Å². The maximum absolute atomic E-state index is 14.3. The maximum atomic E-state index is 14.3. The Morgan fingerprint density at radius 1 is 1.16 bits per heavy atom. The van der Waals surface area contributed by atoms with Crippen molar-refractivity contribution in [1.82, 2.24) is 24.4 Å². The molecule has 5 rings (SSSR count). The fraction of sp³-hybridized carbons (Fsp3) is 0.324. The van der Waals surface area contributed by atoms with Crippen molar-refractivity contribution < 1.29 is 4.79 Å². The average Bonchev–Trinajstić information content (AvgIpc) is 3.03. The van der Waals surface area contributed by atoms with E-state index < -0.39 is 5.69 Å². The van der Waals surface area contributed by atoms with Gasteiger partial charge in [0.05, 0.1) is 27.5 Å². The summed E-state index contributed by atoms with van der Waals surface area (Å²) in [6, 6.07) is 11.0. The Balaban J connectivity index is 1.82. The number of aromatic nitrogens is 4. The third kappa shape index (κ3) is 5.84. The van der Waals surface area contributed by atoms with Crippen LogP contribution in [0.25, 0.3) is 34.1 Å². The number of hydrogen-bond donors (Lipinski definition) is 0. The van der Waals surface area contributed by atoms with E-state index in [1.54, 1.807) is 21.7 Å². The van der Waals surface area contributed by atoms with E-state index in [2.05, 4.69) is 11.5 Å². The lowest BCUT2D eigenvalue weighted by Gasteiger charge is -2.45. The number of amides is 1. The van der Waals surface area contributed by atoms with Gasteiger partial charge in [0, 0.05) is 36.9 Å². The van der Waals surface area contributed by atoms with Gasteiger partial charge in [-0.25, -0.2) is 14.3 Å². The number of pyridine rings is 2. The highest BCUT2D eigenvalue weighted by Gasteiger charge is 2.35. The number of fused-ring (bicyclic) bond motifs is 1. The van der Waals surface area contributed by atoms with E-state index in [1.807, 2.05) is 71.0 Å². The Bertz CT molecular complexity index is 1880. The smallest absolute Gasteiger partial charge is 0.347 e. The van der Waals surface area contributed by atoms with Gasteiger partial charge in [-0.3, -0.25) is 9.78 Å². The lowest BCUT2D eigenvalue weighted by molar-refractivity contribution is -0.127. The van der Waals surface area contributed by atoms with Gasteiger partial charge in [-0.1, -0.05) is 69.3 Å². The molecule has 1 aliphatic rings. The first-order valence-corrected chi connectivity index (χ1v) is 15.5. The molecule has 1 saturated heterocycles. The van der Waals surface area contributed by atoms with Crippen LogP contribution >= 0.6 is 11.6 Å². The molecule has 0 aliphatic carbocycles. The molecule has 1 aromatic carbocycles. The Labute approximate surface area is 271 Å². The molecule has 0 bridgehead atoms. The van der Waals surface area contributed by atoms with Gasteiger partial charge in [0.2, 0.25) is 5.91 Å². The van der Waals surface area contributed by atoms with Crippen LogP contribution < -0.4 is 10.6 Å². The van der Waals surface area contributed by atoms with E-state index in [1.165, 1.54) is 0 Å². The summed E-state index contributed by atoms with van der Waals surface area (Å²) in [5, 5.41) is 1.02. The van der Waals surface area contributed by atoms with Crippen molar-refractivity contribution in [3.63, 3.8) is 0 Å². The first kappa shape index (κ1) is 32.2. The fourth-order valence-corrected chi connectivity index (χ4v) is 6.47. The zero-order valence-electron chi connectivity index (χ0n) is 26.3. The van der Waals surface area contributed by atoms with Crippen LogP contribution in [0.15, 0.2) is 65.4 Å². The van der Waals surface area contributed by atoms with Crippen molar-refractivity contribution in [3.05, 3.63) is 92.9 Å². The molecule has 226 valence electrons. The molecular weight excluding hydrogens is 581 g/mol. The molecule has 0 N–H and O–H groups in total. The second kappa shape index (κ2) is 13.1. The largest absolute Gasteiger partial charge is 0.355 e. The summed E-state index contributed by atoms with van der Waals surface area (Å²) in [7, 11) is 11.4. The molecule has 1 aliphatic heterocycles. The van der Waals surface area contributed by atoms with Crippen LogP contribution in [0.1, 0.15) is 57.4 Å². The average molecular weight is 617 g/mol. The van der Waals surface area contributed by atoms with Gasteiger partial charge in [0.15, 0.2) is 5.65 Å². The quantitative estimate of drug-likeness (QED) is 0.204. The summed E-state index contributed by atoms with van der Waals surface area (Å²) in [6.45, 7) is 14.8. The van der Waals surface area contributed by atoms with Gasteiger partial charge < -0.3 is 9.80 Å². The number of anilines is 1. The van der Waals surface area contributed by atoms with Gasteiger partial charge >= 0.3 is 5.69 Å². The van der Waals surface area contributed by atoms with E-state index in [0.717, 1.165) is 28.4 Å². The van der Waals surface area contributed by atoms with Crippen molar-refractivity contribution >= 4 is 56.1 Å². The van der Waals surface area contributed by atoms with Crippen LogP contribution in [-0.2, 0) is 11.2 Å². The van der Waals surface area contributed by atoms with Gasteiger partial charge in [-0.05, 0) is 54.9 Å². The molecule has 3 aromatic heterocycles. The first-order valence-electron chi connectivity index (χ1n) is 15.1. The van der Waals surface area contributed by atoms with Crippen molar-refractivity contribution in [1.29, 1.82) is 0 Å². The van der Waals surface area contributed by atoms with Crippen molar-refractivity contribution in [2.75, 3.05) is 18.0 Å². The Hall–Kier alpha value is -4.17. The highest BCUT2D eigenvalue weighted by atomic mass is 35.5. The van der Waals surface area contributed by atoms with E-state index in [4.69, 9.17) is 42.2 Å². The minimum Gasteiger partial charge on any atom is -0.347 e. The van der Waals surface area contributed by atoms with Crippen LogP contribution in [0, 0.1) is 0 Å². The second-order valence-electron chi connectivity index (χ2n) is 11.7. The lowest BCUT2D eigenvalue weighted by Crippen LogP contribution is -2.59. The van der Waals surface area contributed by atoms with Crippen LogP contribution in [0.4, 0.5) is 5.82 Å². The molecular formula is C34H35B2ClN6O2. The van der Waals surface area contributed by atoms with E-state index in [0.29, 0.717) is 52.8 Å². The molecule has 1 amide bonds. The van der Waals surface area contributed by atoms with Crippen molar-refractivity contribution in [2.24, 2.45) is 0 Å². The predicted molar refractivity (Wildman–Crippen MR) is 185 cm³/mol. The lowest BCUT2D eigenvalue weighted by atomic mass is 9.87. The number of carbonyl (C=O) groups is 1. The topological polar surface area (TPSA) is 84.2 Å². The van der Waals surface area contributed by atoms with Gasteiger partial charge in [0.25, 0.3) is 0 Å². The minimum atomic E-state index is -0.479. The van der Waals surface area contributed by atoms with Crippen molar-refractivity contribution in [3.8, 4) is 16.9 Å². The number of benzene rings is 1. The van der Waals surface area contributed by atoms with E-state index >= 15 is 0 Å². The van der Waals surface area contributed by atoms with Gasteiger partial charge in [0.1, 0.15) is 21.5 Å². The Kier molecular flexibility index (Phi) is 9.35. The number of carbonyl (C=O) groups excluding carboxylic acids is 1. The molecule has 4 radical (unpaired) electrons. The number of piperazine rings is 1. The first-order chi connectivity index (χ1) is 21.5. The molecule has 1 fully saturated rings. The third-order valence-corrected chi connectivity index (χ3v) is 8.59. The molecule has 2 atom stereocenters. The van der Waals surface area contributed by atoms with Gasteiger partial charge in [-0.15, -0.1) is 5.98 Å². The van der Waals surface area contributed by atoms with Gasteiger partial charge in [-0.2, -0.15) is 4.98 Å². The number of aryl methyl sites for hydroxylation is 1. The standard InChI is InChI=1S/C34H35B2ClN6O2/c1-7-22-11-9-10-12-24(22)29-27(37)15-25-31(39-29)43(30-23(8-2)13-14-38-28(30)19(3)4)34(45)40-32(25)42-20(5)17-41(18-21(42)6)33(44)26(36)16-35/h7,9-16,19-21H,1,8,17-18H2,2-6H3/b26-16-/t20-,21-/m0/s1. The number of halogens is 1. The Morgan fingerprint density at radius 3 is 2.47 bits per heavy atom. The number of rotatable bonds is 7. The molecule has 45 heavy (non-hydrogen) atoms. The summed E-state index contributed by atoms with van der Waals surface area (Å²) in [5.41, 5.74) is 4.52. The zero-order valence-corrected chi connectivity index (χ0v) is 27.0. The molecule has 4 aromatic rings. The summed E-state index contributed by atoms with van der Waals surface area (Å²) < 4.78 is 1.58. The number of nitrogens with zero attached hydrogens (tertiary/aromatic N) is 6. The van der Waals surface area contributed by atoms with Crippen LogP contribution in [-0.4, -0.2) is 71.2 Å². The summed E-state index contributed by atoms with van der Waals surface area (Å²) >= 11 is 7.02. The minimum absolute atomic E-state index is 0.0125. The summed E-state index contributed by atoms with van der Waals surface area (Å²) in [6.07, 6.45) is 4.21. The third-order valence-electron chi connectivity index (χ3n) is 8.30.